The highest BCUT2D eigenvalue weighted by atomic mass is 15.2. The molecule has 1 aliphatic heterocycles. The van der Waals surface area contributed by atoms with E-state index in [2.05, 4.69) is 43.0 Å². The van der Waals surface area contributed by atoms with Gasteiger partial charge in [-0.2, -0.15) is 0 Å². The lowest BCUT2D eigenvalue weighted by atomic mass is 10.0. The van der Waals surface area contributed by atoms with Gasteiger partial charge >= 0.3 is 0 Å². The molecular formula is C16H27N3. The van der Waals surface area contributed by atoms with Crippen molar-refractivity contribution in [3.63, 3.8) is 0 Å². The number of nitrogen functional groups attached to an aromatic ring is 1. The summed E-state index contributed by atoms with van der Waals surface area (Å²) in [5.74, 6) is 0. The summed E-state index contributed by atoms with van der Waals surface area (Å²) in [6, 6.07) is 7.08. The highest BCUT2D eigenvalue weighted by Crippen LogP contribution is 2.24. The largest absolute Gasteiger partial charge is 0.399 e. The van der Waals surface area contributed by atoms with Crippen LogP contribution in [0.5, 0.6) is 0 Å². The fourth-order valence-corrected chi connectivity index (χ4v) is 2.81. The zero-order chi connectivity index (χ0) is 13.8. The Morgan fingerprint density at radius 3 is 2.68 bits per heavy atom. The van der Waals surface area contributed by atoms with Crippen LogP contribution in [-0.2, 0) is 0 Å². The highest BCUT2D eigenvalue weighted by molar-refractivity contribution is 5.58. The minimum Gasteiger partial charge on any atom is -0.399 e. The second-order valence-corrected chi connectivity index (χ2v) is 5.95. The first-order valence-corrected chi connectivity index (χ1v) is 7.35. The molecule has 0 amide bonds. The van der Waals surface area contributed by atoms with Crippen LogP contribution in [0.2, 0.25) is 0 Å². The number of rotatable bonds is 2. The molecule has 106 valence electrons. The van der Waals surface area contributed by atoms with E-state index in [0.717, 1.165) is 18.8 Å². The zero-order valence-electron chi connectivity index (χ0n) is 12.5. The van der Waals surface area contributed by atoms with Gasteiger partial charge in [0.1, 0.15) is 0 Å². The van der Waals surface area contributed by atoms with E-state index in [1.165, 1.54) is 36.9 Å². The second-order valence-electron chi connectivity index (χ2n) is 5.95. The van der Waals surface area contributed by atoms with Gasteiger partial charge in [-0.25, -0.2) is 0 Å². The predicted octanol–water partition coefficient (Wildman–Crippen LogP) is 2.89. The van der Waals surface area contributed by atoms with Crippen LogP contribution in [0.4, 0.5) is 11.4 Å². The van der Waals surface area contributed by atoms with Crippen molar-refractivity contribution in [2.75, 3.05) is 37.8 Å². The molecule has 2 rings (SSSR count). The van der Waals surface area contributed by atoms with Gasteiger partial charge in [-0.15, -0.1) is 0 Å². The van der Waals surface area contributed by atoms with Crippen molar-refractivity contribution < 1.29 is 0 Å². The fraction of sp³-hybridized carbons (Fsp3) is 0.625. The molecule has 0 saturated carbocycles. The standard InChI is InChI=1S/C16H27N3/c1-13-11-14(8-9-16(13)17)19-10-6-4-5-7-15(12-19)18(2)3/h8-9,11,15H,4-7,10,12,17H2,1-3H3. The summed E-state index contributed by atoms with van der Waals surface area (Å²) in [7, 11) is 4.39. The molecule has 1 saturated heterocycles. The van der Waals surface area contributed by atoms with Crippen molar-refractivity contribution in [3.8, 4) is 0 Å². The Kier molecular flexibility index (Phi) is 4.70. The molecular weight excluding hydrogens is 234 g/mol. The molecule has 1 aromatic rings. The second kappa shape index (κ2) is 6.29. The average molecular weight is 261 g/mol. The lowest BCUT2D eigenvalue weighted by Crippen LogP contribution is -2.42. The normalized spacial score (nSPS) is 21.3. The van der Waals surface area contributed by atoms with Gasteiger partial charge in [0.25, 0.3) is 0 Å². The summed E-state index contributed by atoms with van der Waals surface area (Å²) in [6.45, 7) is 4.37. The Hall–Kier alpha value is -1.22. The molecule has 2 N–H and O–H groups in total. The van der Waals surface area contributed by atoms with Crippen LogP contribution in [0.3, 0.4) is 0 Å². The summed E-state index contributed by atoms with van der Waals surface area (Å²) in [5.41, 5.74) is 9.31. The average Bonchev–Trinajstić information content (AvgIpc) is 2.32. The van der Waals surface area contributed by atoms with Gasteiger partial charge in [-0.1, -0.05) is 12.8 Å². The van der Waals surface area contributed by atoms with E-state index in [0.29, 0.717) is 6.04 Å². The maximum Gasteiger partial charge on any atom is 0.0370 e. The van der Waals surface area contributed by atoms with Gasteiger partial charge in [0, 0.05) is 30.5 Å². The molecule has 0 radical (unpaired) electrons. The molecule has 0 spiro atoms. The molecule has 1 unspecified atom stereocenters. The number of likely N-dealkylation sites (N-methyl/N-ethyl adjacent to an activating group) is 1. The maximum absolute atomic E-state index is 5.92. The number of nitrogens with zero attached hydrogens (tertiary/aromatic N) is 2. The van der Waals surface area contributed by atoms with Crippen LogP contribution >= 0.6 is 0 Å². The molecule has 0 aromatic heterocycles. The Labute approximate surface area is 117 Å². The number of aryl methyl sites for hydroxylation is 1. The molecule has 1 heterocycles. The van der Waals surface area contributed by atoms with E-state index in [4.69, 9.17) is 5.73 Å². The number of nitrogens with two attached hydrogens (primary N) is 1. The number of hydrogen-bond acceptors (Lipinski definition) is 3. The Morgan fingerprint density at radius 1 is 1.21 bits per heavy atom. The van der Waals surface area contributed by atoms with Crippen LogP contribution in [0.15, 0.2) is 18.2 Å². The Bertz CT molecular complexity index is 414. The Morgan fingerprint density at radius 2 is 2.00 bits per heavy atom. The van der Waals surface area contributed by atoms with Crippen molar-refractivity contribution in [1.82, 2.24) is 4.90 Å². The van der Waals surface area contributed by atoms with Gasteiger partial charge in [0.15, 0.2) is 0 Å². The summed E-state index contributed by atoms with van der Waals surface area (Å²) in [6.07, 6.45) is 5.30. The lowest BCUT2D eigenvalue weighted by Gasteiger charge is -2.35. The van der Waals surface area contributed by atoms with Gasteiger partial charge in [0.2, 0.25) is 0 Å². The monoisotopic (exact) mass is 261 g/mol. The molecule has 3 heteroatoms. The number of anilines is 2. The molecule has 1 fully saturated rings. The summed E-state index contributed by atoms with van der Waals surface area (Å²) < 4.78 is 0. The van der Waals surface area contributed by atoms with Crippen molar-refractivity contribution >= 4 is 11.4 Å². The third-order valence-electron chi connectivity index (χ3n) is 4.25. The smallest absolute Gasteiger partial charge is 0.0370 e. The summed E-state index contributed by atoms with van der Waals surface area (Å²) in [5, 5.41) is 0. The third kappa shape index (κ3) is 3.63. The molecule has 0 bridgehead atoms. The van der Waals surface area contributed by atoms with Crippen LogP contribution < -0.4 is 10.6 Å². The number of hydrogen-bond donors (Lipinski definition) is 1. The van der Waals surface area contributed by atoms with E-state index in [-0.39, 0.29) is 0 Å². The number of benzene rings is 1. The Balaban J connectivity index is 2.16. The van der Waals surface area contributed by atoms with Crippen molar-refractivity contribution in [1.29, 1.82) is 0 Å². The van der Waals surface area contributed by atoms with Crippen molar-refractivity contribution in [2.24, 2.45) is 0 Å². The SMILES string of the molecule is Cc1cc(N2CCCCCC(N(C)C)C2)ccc1N. The van der Waals surface area contributed by atoms with Crippen LogP contribution in [0, 0.1) is 6.92 Å². The van der Waals surface area contributed by atoms with Crippen LogP contribution in [-0.4, -0.2) is 38.1 Å². The topological polar surface area (TPSA) is 32.5 Å². The van der Waals surface area contributed by atoms with E-state index in [1.54, 1.807) is 0 Å². The molecule has 3 nitrogen and oxygen atoms in total. The van der Waals surface area contributed by atoms with Gasteiger partial charge in [-0.3, -0.25) is 0 Å². The van der Waals surface area contributed by atoms with E-state index in [9.17, 15) is 0 Å². The first kappa shape index (κ1) is 14.2. The lowest BCUT2D eigenvalue weighted by molar-refractivity contribution is 0.266. The molecule has 0 aliphatic carbocycles. The molecule has 1 aromatic carbocycles. The predicted molar refractivity (Wildman–Crippen MR) is 83.7 cm³/mol. The van der Waals surface area contributed by atoms with Crippen LogP contribution in [0.25, 0.3) is 0 Å². The molecule has 19 heavy (non-hydrogen) atoms. The summed E-state index contributed by atoms with van der Waals surface area (Å²) in [4.78, 5) is 4.89. The van der Waals surface area contributed by atoms with E-state index < -0.39 is 0 Å². The van der Waals surface area contributed by atoms with E-state index in [1.807, 2.05) is 6.07 Å². The van der Waals surface area contributed by atoms with Gasteiger partial charge in [-0.05, 0) is 57.6 Å². The van der Waals surface area contributed by atoms with E-state index >= 15 is 0 Å². The third-order valence-corrected chi connectivity index (χ3v) is 4.25. The van der Waals surface area contributed by atoms with Gasteiger partial charge in [0.05, 0.1) is 0 Å². The minimum absolute atomic E-state index is 0.651. The summed E-state index contributed by atoms with van der Waals surface area (Å²) >= 11 is 0. The maximum atomic E-state index is 5.92. The van der Waals surface area contributed by atoms with Gasteiger partial charge < -0.3 is 15.5 Å². The molecule has 1 aliphatic rings. The van der Waals surface area contributed by atoms with Crippen molar-refractivity contribution in [3.05, 3.63) is 23.8 Å². The minimum atomic E-state index is 0.651. The fourth-order valence-electron chi connectivity index (χ4n) is 2.81. The van der Waals surface area contributed by atoms with Crippen molar-refractivity contribution in [2.45, 2.75) is 38.6 Å². The quantitative estimate of drug-likeness (QED) is 0.831. The molecule has 1 atom stereocenters. The first-order valence-electron chi connectivity index (χ1n) is 7.35. The first-order chi connectivity index (χ1) is 9.08. The highest BCUT2D eigenvalue weighted by Gasteiger charge is 2.19. The van der Waals surface area contributed by atoms with Crippen LogP contribution in [0.1, 0.15) is 31.2 Å². The zero-order valence-corrected chi connectivity index (χ0v) is 12.5.